The zero-order valence-electron chi connectivity index (χ0n) is 15.4. The van der Waals surface area contributed by atoms with Gasteiger partial charge in [0.25, 0.3) is 0 Å². The fourth-order valence-electron chi connectivity index (χ4n) is 2.94. The Labute approximate surface area is 161 Å². The minimum absolute atomic E-state index is 0.104. The third kappa shape index (κ3) is 3.81. The summed E-state index contributed by atoms with van der Waals surface area (Å²) in [4.78, 5) is 23.7. The number of nitrogens with zero attached hydrogens (tertiary/aromatic N) is 1. The van der Waals surface area contributed by atoms with Crippen molar-refractivity contribution in [2.75, 3.05) is 7.11 Å². The van der Waals surface area contributed by atoms with Crippen molar-refractivity contribution in [3.63, 3.8) is 0 Å². The molecule has 0 aliphatic heterocycles. The van der Waals surface area contributed by atoms with E-state index in [1.54, 1.807) is 42.9 Å². The van der Waals surface area contributed by atoms with E-state index >= 15 is 0 Å². The summed E-state index contributed by atoms with van der Waals surface area (Å²) < 4.78 is 6.95. The third-order valence-electron chi connectivity index (χ3n) is 4.32. The summed E-state index contributed by atoms with van der Waals surface area (Å²) in [7, 11) is 1.57. The highest BCUT2D eigenvalue weighted by Crippen LogP contribution is 2.23. The first-order valence-corrected chi connectivity index (χ1v) is 8.52. The number of carboxylic acids is 1. The Bertz CT molecular complexity index is 1130. The Balaban J connectivity index is 2.19. The number of hydrogen-bond acceptors (Lipinski definition) is 4. The molecule has 0 saturated carbocycles. The minimum atomic E-state index is -1.30. The molecule has 2 aromatic carbocycles. The molecule has 0 atom stereocenters. The Morgan fingerprint density at radius 3 is 2.54 bits per heavy atom. The van der Waals surface area contributed by atoms with Gasteiger partial charge in [-0.05, 0) is 48.9 Å². The predicted octanol–water partition coefficient (Wildman–Crippen LogP) is 3.73. The van der Waals surface area contributed by atoms with Gasteiger partial charge < -0.3 is 19.5 Å². The molecule has 6 nitrogen and oxygen atoms in total. The first-order chi connectivity index (χ1) is 13.4. The SMILES string of the molecule is COc1ccccc1/C=C/c1cc(=O)c(C(=O)O)cn1-c1ccc(O)cc1C. The maximum absolute atomic E-state index is 12.2. The summed E-state index contributed by atoms with van der Waals surface area (Å²) in [6, 6.07) is 13.4. The van der Waals surface area contributed by atoms with Crippen molar-refractivity contribution < 1.29 is 19.7 Å². The molecule has 0 spiro atoms. The van der Waals surface area contributed by atoms with Gasteiger partial charge in [0.2, 0.25) is 0 Å². The van der Waals surface area contributed by atoms with Gasteiger partial charge in [-0.2, -0.15) is 0 Å². The van der Waals surface area contributed by atoms with E-state index in [1.807, 2.05) is 24.3 Å². The van der Waals surface area contributed by atoms with Gasteiger partial charge >= 0.3 is 5.97 Å². The number of aromatic hydroxyl groups is 1. The summed E-state index contributed by atoms with van der Waals surface area (Å²) >= 11 is 0. The van der Waals surface area contributed by atoms with Gasteiger partial charge in [-0.1, -0.05) is 18.2 Å². The van der Waals surface area contributed by atoms with Gasteiger partial charge in [-0.25, -0.2) is 4.79 Å². The average molecular weight is 377 g/mol. The number of rotatable bonds is 5. The molecular formula is C22H19NO5. The number of hydrogen-bond donors (Lipinski definition) is 2. The number of ether oxygens (including phenoxy) is 1. The third-order valence-corrected chi connectivity index (χ3v) is 4.32. The van der Waals surface area contributed by atoms with Crippen molar-refractivity contribution in [3.05, 3.63) is 87.3 Å². The van der Waals surface area contributed by atoms with Crippen LogP contribution in [0.25, 0.3) is 17.8 Å². The molecule has 3 rings (SSSR count). The minimum Gasteiger partial charge on any atom is -0.508 e. The summed E-state index contributed by atoms with van der Waals surface area (Å²) in [5.41, 5.74) is 1.78. The molecule has 0 aliphatic rings. The molecule has 28 heavy (non-hydrogen) atoms. The molecule has 0 fully saturated rings. The highest BCUT2D eigenvalue weighted by molar-refractivity contribution is 5.87. The fourth-order valence-corrected chi connectivity index (χ4v) is 2.94. The quantitative estimate of drug-likeness (QED) is 0.707. The molecule has 0 radical (unpaired) electrons. The van der Waals surface area contributed by atoms with Crippen LogP contribution in [0.5, 0.6) is 11.5 Å². The van der Waals surface area contributed by atoms with Gasteiger partial charge in [-0.3, -0.25) is 4.79 Å². The Morgan fingerprint density at radius 1 is 1.11 bits per heavy atom. The number of benzene rings is 2. The monoisotopic (exact) mass is 377 g/mol. The van der Waals surface area contributed by atoms with E-state index in [9.17, 15) is 19.8 Å². The number of aryl methyl sites for hydroxylation is 1. The lowest BCUT2D eigenvalue weighted by Crippen LogP contribution is -2.18. The van der Waals surface area contributed by atoms with Crippen molar-refractivity contribution in [3.8, 4) is 17.2 Å². The van der Waals surface area contributed by atoms with Crippen molar-refractivity contribution in [1.29, 1.82) is 0 Å². The number of phenols is 1. The zero-order valence-corrected chi connectivity index (χ0v) is 15.4. The standard InChI is InChI=1S/C22H19NO5/c1-14-11-17(24)9-10-19(14)23-13-18(22(26)27)20(25)12-16(23)8-7-15-5-3-4-6-21(15)28-2/h3-13,24H,1-2H3,(H,26,27)/b8-7+. The number of carbonyl (C=O) groups is 1. The van der Waals surface area contributed by atoms with E-state index in [0.29, 0.717) is 17.1 Å². The largest absolute Gasteiger partial charge is 0.508 e. The highest BCUT2D eigenvalue weighted by atomic mass is 16.5. The van der Waals surface area contributed by atoms with Crippen molar-refractivity contribution in [2.24, 2.45) is 0 Å². The lowest BCUT2D eigenvalue weighted by atomic mass is 10.1. The predicted molar refractivity (Wildman–Crippen MR) is 107 cm³/mol. The number of para-hydroxylation sites is 1. The maximum atomic E-state index is 12.2. The molecule has 0 saturated heterocycles. The molecule has 6 heteroatoms. The van der Waals surface area contributed by atoms with Crippen molar-refractivity contribution >= 4 is 18.1 Å². The molecule has 1 aromatic heterocycles. The van der Waals surface area contributed by atoms with Crippen LogP contribution in [0.15, 0.2) is 59.5 Å². The smallest absolute Gasteiger partial charge is 0.341 e. The van der Waals surface area contributed by atoms with E-state index < -0.39 is 11.4 Å². The Hall–Kier alpha value is -3.80. The molecule has 1 heterocycles. The number of phenolic OH excluding ortho intramolecular Hbond substituents is 1. The van der Waals surface area contributed by atoms with E-state index in [2.05, 4.69) is 0 Å². The van der Waals surface area contributed by atoms with Gasteiger partial charge in [0.15, 0.2) is 5.43 Å². The normalized spacial score (nSPS) is 10.9. The first-order valence-electron chi connectivity index (χ1n) is 8.52. The number of pyridine rings is 1. The summed E-state index contributed by atoms with van der Waals surface area (Å²) in [6.45, 7) is 1.79. The van der Waals surface area contributed by atoms with Crippen LogP contribution in [-0.2, 0) is 0 Å². The van der Waals surface area contributed by atoms with E-state index in [-0.39, 0.29) is 11.3 Å². The molecule has 0 amide bonds. The van der Waals surface area contributed by atoms with Crippen LogP contribution in [0.2, 0.25) is 0 Å². The maximum Gasteiger partial charge on any atom is 0.341 e. The van der Waals surface area contributed by atoms with E-state index in [0.717, 1.165) is 11.1 Å². The van der Waals surface area contributed by atoms with Crippen LogP contribution in [0.3, 0.4) is 0 Å². The van der Waals surface area contributed by atoms with Crippen molar-refractivity contribution in [1.82, 2.24) is 4.57 Å². The Kier molecular flexibility index (Phi) is 5.31. The van der Waals surface area contributed by atoms with Crippen molar-refractivity contribution in [2.45, 2.75) is 6.92 Å². The first kappa shape index (κ1) is 19.0. The summed E-state index contributed by atoms with van der Waals surface area (Å²) in [5, 5.41) is 19.0. The van der Waals surface area contributed by atoms with Crippen LogP contribution in [0.1, 0.15) is 27.2 Å². The molecule has 0 bridgehead atoms. The molecule has 3 aromatic rings. The molecule has 0 unspecified atom stereocenters. The van der Waals surface area contributed by atoms with Gasteiger partial charge in [0.05, 0.1) is 7.11 Å². The second kappa shape index (κ2) is 7.84. The van der Waals surface area contributed by atoms with Crippen LogP contribution >= 0.6 is 0 Å². The Morgan fingerprint density at radius 2 is 1.86 bits per heavy atom. The second-order valence-corrected chi connectivity index (χ2v) is 6.20. The lowest BCUT2D eigenvalue weighted by Gasteiger charge is -2.15. The van der Waals surface area contributed by atoms with Crippen LogP contribution in [0.4, 0.5) is 0 Å². The number of aromatic nitrogens is 1. The molecule has 0 aliphatic carbocycles. The van der Waals surface area contributed by atoms with Crippen LogP contribution in [-0.4, -0.2) is 27.9 Å². The molecule has 2 N–H and O–H groups in total. The van der Waals surface area contributed by atoms with Gasteiger partial charge in [0.1, 0.15) is 17.1 Å². The topological polar surface area (TPSA) is 88.8 Å². The van der Waals surface area contributed by atoms with E-state index in [1.165, 1.54) is 18.3 Å². The lowest BCUT2D eigenvalue weighted by molar-refractivity contribution is 0.0694. The van der Waals surface area contributed by atoms with Gasteiger partial charge in [-0.15, -0.1) is 0 Å². The van der Waals surface area contributed by atoms with E-state index in [4.69, 9.17) is 4.74 Å². The average Bonchev–Trinajstić information content (AvgIpc) is 2.67. The number of carboxylic acid groups (broad SMARTS) is 1. The van der Waals surface area contributed by atoms with Gasteiger partial charge in [0, 0.05) is 29.2 Å². The summed E-state index contributed by atoms with van der Waals surface area (Å²) in [6.07, 6.45) is 4.81. The van der Waals surface area contributed by atoms with Crippen LogP contribution < -0.4 is 10.2 Å². The fraction of sp³-hybridized carbons (Fsp3) is 0.0909. The highest BCUT2D eigenvalue weighted by Gasteiger charge is 2.14. The number of methoxy groups -OCH3 is 1. The zero-order chi connectivity index (χ0) is 20.3. The molecule has 142 valence electrons. The summed E-state index contributed by atoms with van der Waals surface area (Å²) in [5.74, 6) is -0.516. The van der Waals surface area contributed by atoms with Crippen LogP contribution in [0, 0.1) is 6.92 Å². The number of aromatic carboxylic acids is 1. The molecular weight excluding hydrogens is 358 g/mol. The second-order valence-electron chi connectivity index (χ2n) is 6.20.